The van der Waals surface area contributed by atoms with Gasteiger partial charge < -0.3 is 9.80 Å². The zero-order valence-electron chi connectivity index (χ0n) is 11.1. The standard InChI is InChI=1S/C14H17FN2O2/c1-10-3-4-13(15)12(9-10)14(19)17-7-5-16(6-8-17)11(2)18/h3-4,9H,5-8H2,1-2H3. The fourth-order valence-electron chi connectivity index (χ4n) is 2.20. The Labute approximate surface area is 111 Å². The van der Waals surface area contributed by atoms with Crippen LogP contribution in [-0.4, -0.2) is 47.8 Å². The molecule has 19 heavy (non-hydrogen) atoms. The number of carbonyl (C=O) groups excluding carboxylic acids is 2. The number of rotatable bonds is 1. The minimum absolute atomic E-state index is 0.00818. The Hall–Kier alpha value is -1.91. The van der Waals surface area contributed by atoms with Gasteiger partial charge >= 0.3 is 0 Å². The molecule has 0 radical (unpaired) electrons. The average Bonchev–Trinajstić information content (AvgIpc) is 2.41. The highest BCUT2D eigenvalue weighted by atomic mass is 19.1. The molecule has 0 aromatic heterocycles. The van der Waals surface area contributed by atoms with Crippen LogP contribution in [0.25, 0.3) is 0 Å². The second kappa shape index (κ2) is 5.38. The van der Waals surface area contributed by atoms with E-state index in [0.717, 1.165) is 5.56 Å². The van der Waals surface area contributed by atoms with Gasteiger partial charge in [-0.25, -0.2) is 4.39 Å². The van der Waals surface area contributed by atoms with E-state index < -0.39 is 5.82 Å². The van der Waals surface area contributed by atoms with E-state index in [2.05, 4.69) is 0 Å². The predicted molar refractivity (Wildman–Crippen MR) is 69.3 cm³/mol. The number of aryl methyl sites for hydroxylation is 1. The number of halogens is 1. The number of benzene rings is 1. The van der Waals surface area contributed by atoms with Crippen molar-refractivity contribution < 1.29 is 14.0 Å². The van der Waals surface area contributed by atoms with Gasteiger partial charge in [0.15, 0.2) is 0 Å². The molecule has 1 aliphatic rings. The minimum atomic E-state index is -0.496. The summed E-state index contributed by atoms with van der Waals surface area (Å²) in [6, 6.07) is 4.52. The normalized spacial score (nSPS) is 15.5. The molecule has 4 nitrogen and oxygen atoms in total. The van der Waals surface area contributed by atoms with Crippen LogP contribution in [0.4, 0.5) is 4.39 Å². The van der Waals surface area contributed by atoms with Crippen LogP contribution in [0, 0.1) is 12.7 Å². The van der Waals surface area contributed by atoms with Gasteiger partial charge in [0.2, 0.25) is 5.91 Å². The first-order chi connectivity index (χ1) is 8.99. The van der Waals surface area contributed by atoms with Gasteiger partial charge in [0.25, 0.3) is 5.91 Å². The number of nitrogens with zero attached hydrogens (tertiary/aromatic N) is 2. The van der Waals surface area contributed by atoms with Crippen molar-refractivity contribution in [2.45, 2.75) is 13.8 Å². The molecule has 0 unspecified atom stereocenters. The molecular formula is C14H17FN2O2. The second-order valence-electron chi connectivity index (χ2n) is 4.78. The van der Waals surface area contributed by atoms with Crippen molar-refractivity contribution in [3.8, 4) is 0 Å². The molecule has 1 heterocycles. The quantitative estimate of drug-likeness (QED) is 0.770. The summed E-state index contributed by atoms with van der Waals surface area (Å²) in [7, 11) is 0. The molecule has 0 N–H and O–H groups in total. The highest BCUT2D eigenvalue weighted by Crippen LogP contribution is 2.14. The fourth-order valence-corrected chi connectivity index (χ4v) is 2.20. The topological polar surface area (TPSA) is 40.6 Å². The molecular weight excluding hydrogens is 247 g/mol. The van der Waals surface area contributed by atoms with Crippen LogP contribution in [-0.2, 0) is 4.79 Å². The summed E-state index contributed by atoms with van der Waals surface area (Å²) in [5, 5.41) is 0. The monoisotopic (exact) mass is 264 g/mol. The van der Waals surface area contributed by atoms with Crippen molar-refractivity contribution in [2.75, 3.05) is 26.2 Å². The van der Waals surface area contributed by atoms with Gasteiger partial charge in [0, 0.05) is 33.1 Å². The molecule has 2 amide bonds. The summed E-state index contributed by atoms with van der Waals surface area (Å²) >= 11 is 0. The third kappa shape index (κ3) is 2.92. The van der Waals surface area contributed by atoms with E-state index in [0.29, 0.717) is 26.2 Å². The van der Waals surface area contributed by atoms with E-state index >= 15 is 0 Å². The molecule has 1 saturated heterocycles. The van der Waals surface area contributed by atoms with Crippen molar-refractivity contribution >= 4 is 11.8 Å². The first-order valence-corrected chi connectivity index (χ1v) is 6.30. The molecule has 0 atom stereocenters. The van der Waals surface area contributed by atoms with Gasteiger partial charge in [-0.15, -0.1) is 0 Å². The molecule has 1 aromatic carbocycles. The van der Waals surface area contributed by atoms with Gasteiger partial charge in [0.05, 0.1) is 5.56 Å². The third-order valence-electron chi connectivity index (χ3n) is 3.36. The van der Waals surface area contributed by atoms with E-state index in [1.165, 1.54) is 13.0 Å². The summed E-state index contributed by atoms with van der Waals surface area (Å²) in [4.78, 5) is 26.7. The maximum absolute atomic E-state index is 13.7. The first kappa shape index (κ1) is 13.5. The van der Waals surface area contributed by atoms with Crippen LogP contribution in [0.15, 0.2) is 18.2 Å². The maximum atomic E-state index is 13.7. The van der Waals surface area contributed by atoms with E-state index in [4.69, 9.17) is 0 Å². The summed E-state index contributed by atoms with van der Waals surface area (Å²) in [5.41, 5.74) is 0.961. The highest BCUT2D eigenvalue weighted by molar-refractivity contribution is 5.94. The van der Waals surface area contributed by atoms with E-state index in [1.54, 1.807) is 21.9 Å². The summed E-state index contributed by atoms with van der Waals surface area (Å²) < 4.78 is 13.7. The second-order valence-corrected chi connectivity index (χ2v) is 4.78. The van der Waals surface area contributed by atoms with Crippen molar-refractivity contribution in [3.05, 3.63) is 35.1 Å². The molecule has 0 spiro atoms. The zero-order valence-corrected chi connectivity index (χ0v) is 11.1. The van der Waals surface area contributed by atoms with Gasteiger partial charge in [-0.3, -0.25) is 9.59 Å². The Morgan fingerprint density at radius 1 is 1.11 bits per heavy atom. The van der Waals surface area contributed by atoms with Crippen LogP contribution in [0.3, 0.4) is 0 Å². The SMILES string of the molecule is CC(=O)N1CCN(C(=O)c2cc(C)ccc2F)CC1. The van der Waals surface area contributed by atoms with Crippen LogP contribution in [0.5, 0.6) is 0 Å². The molecule has 1 aliphatic heterocycles. The van der Waals surface area contributed by atoms with Crippen molar-refractivity contribution in [2.24, 2.45) is 0 Å². The van der Waals surface area contributed by atoms with Gasteiger partial charge in [-0.05, 0) is 19.1 Å². The molecule has 0 aliphatic carbocycles. The molecule has 0 bridgehead atoms. The minimum Gasteiger partial charge on any atom is -0.339 e. The summed E-state index contributed by atoms with van der Waals surface area (Å²) in [5.74, 6) is -0.789. The lowest BCUT2D eigenvalue weighted by atomic mass is 10.1. The van der Waals surface area contributed by atoms with Crippen LogP contribution in [0.1, 0.15) is 22.8 Å². The average molecular weight is 264 g/mol. The number of amides is 2. The molecule has 2 rings (SSSR count). The Morgan fingerprint density at radius 2 is 1.68 bits per heavy atom. The van der Waals surface area contributed by atoms with Crippen molar-refractivity contribution in [3.63, 3.8) is 0 Å². The highest BCUT2D eigenvalue weighted by Gasteiger charge is 2.24. The van der Waals surface area contributed by atoms with Gasteiger partial charge in [-0.2, -0.15) is 0 Å². The number of carbonyl (C=O) groups is 2. The molecule has 102 valence electrons. The van der Waals surface area contributed by atoms with Crippen molar-refractivity contribution in [1.82, 2.24) is 9.80 Å². The first-order valence-electron chi connectivity index (χ1n) is 6.30. The number of piperazine rings is 1. The Morgan fingerprint density at radius 3 is 2.26 bits per heavy atom. The number of hydrogen-bond donors (Lipinski definition) is 0. The third-order valence-corrected chi connectivity index (χ3v) is 3.36. The lowest BCUT2D eigenvalue weighted by molar-refractivity contribution is -0.130. The Balaban J connectivity index is 2.09. The maximum Gasteiger partial charge on any atom is 0.256 e. The molecule has 1 aromatic rings. The summed E-state index contributed by atoms with van der Waals surface area (Å²) in [6.45, 7) is 5.25. The van der Waals surface area contributed by atoms with Gasteiger partial charge in [0.1, 0.15) is 5.82 Å². The van der Waals surface area contributed by atoms with Gasteiger partial charge in [-0.1, -0.05) is 11.6 Å². The van der Waals surface area contributed by atoms with Crippen LogP contribution in [0.2, 0.25) is 0 Å². The van der Waals surface area contributed by atoms with E-state index in [-0.39, 0.29) is 17.4 Å². The predicted octanol–water partition coefficient (Wildman–Crippen LogP) is 1.44. The largest absolute Gasteiger partial charge is 0.339 e. The smallest absolute Gasteiger partial charge is 0.256 e. The zero-order chi connectivity index (χ0) is 14.0. The molecule has 1 fully saturated rings. The molecule has 5 heteroatoms. The summed E-state index contributed by atoms with van der Waals surface area (Å²) in [6.07, 6.45) is 0. The van der Waals surface area contributed by atoms with E-state index in [1.807, 2.05) is 6.92 Å². The van der Waals surface area contributed by atoms with Crippen LogP contribution < -0.4 is 0 Å². The lowest BCUT2D eigenvalue weighted by Gasteiger charge is -2.34. The van der Waals surface area contributed by atoms with Crippen molar-refractivity contribution in [1.29, 1.82) is 0 Å². The lowest BCUT2D eigenvalue weighted by Crippen LogP contribution is -2.50. The fraction of sp³-hybridized carbons (Fsp3) is 0.429. The Kier molecular flexibility index (Phi) is 3.83. The van der Waals surface area contributed by atoms with Crippen LogP contribution >= 0.6 is 0 Å². The van der Waals surface area contributed by atoms with E-state index in [9.17, 15) is 14.0 Å². The number of hydrogen-bond acceptors (Lipinski definition) is 2. The Bertz CT molecular complexity index is 508. The molecule has 0 saturated carbocycles.